The average Bonchev–Trinajstić information content (AvgIpc) is 2.75. The number of fused-ring (bicyclic) bond motifs is 3. The highest BCUT2D eigenvalue weighted by atomic mass is 35.5. The van der Waals surface area contributed by atoms with Gasteiger partial charge in [-0.1, -0.05) is 11.6 Å². The third kappa shape index (κ3) is 1.81. The molecule has 2 aliphatic rings. The van der Waals surface area contributed by atoms with E-state index in [1.165, 1.54) is 12.7 Å². The fraction of sp³-hybridized carbons (Fsp3) is 0.462. The number of amides is 1. The number of piperidine rings is 1. The van der Waals surface area contributed by atoms with Crippen LogP contribution < -0.4 is 5.32 Å². The van der Waals surface area contributed by atoms with Gasteiger partial charge in [0.15, 0.2) is 0 Å². The van der Waals surface area contributed by atoms with Crippen LogP contribution in [0.1, 0.15) is 17.9 Å². The second-order valence-corrected chi connectivity index (χ2v) is 5.23. The van der Waals surface area contributed by atoms with E-state index in [0.29, 0.717) is 18.5 Å². The lowest BCUT2D eigenvalue weighted by atomic mass is 9.89. The highest BCUT2D eigenvalue weighted by Crippen LogP contribution is 2.41. The van der Waals surface area contributed by atoms with Crippen LogP contribution in [0.2, 0.25) is 5.02 Å². The van der Waals surface area contributed by atoms with Gasteiger partial charge >= 0.3 is 6.09 Å². The number of likely N-dealkylation sites (tertiary alicyclic amines) is 1. The first kappa shape index (κ1) is 11.7. The summed E-state index contributed by atoms with van der Waals surface area (Å²) >= 11 is 6.05. The summed E-state index contributed by atoms with van der Waals surface area (Å²) in [5.41, 5.74) is 2.35. The van der Waals surface area contributed by atoms with Crippen LogP contribution in [0.25, 0.3) is 0 Å². The minimum Gasteiger partial charge on any atom is -0.453 e. The summed E-state index contributed by atoms with van der Waals surface area (Å²) in [7, 11) is 1.42. The quantitative estimate of drug-likeness (QED) is 0.785. The Balaban J connectivity index is 1.87. The molecule has 1 N–H and O–H groups in total. The number of hydrogen-bond acceptors (Lipinski definition) is 3. The van der Waals surface area contributed by atoms with Gasteiger partial charge in [0.05, 0.1) is 7.11 Å². The monoisotopic (exact) mass is 266 g/mol. The minimum atomic E-state index is -0.246. The number of halogens is 1. The Kier molecular flexibility index (Phi) is 2.82. The Hall–Kier alpha value is -1.42. The van der Waals surface area contributed by atoms with Crippen molar-refractivity contribution >= 4 is 23.4 Å². The highest BCUT2D eigenvalue weighted by molar-refractivity contribution is 6.30. The minimum absolute atomic E-state index is 0.246. The summed E-state index contributed by atoms with van der Waals surface area (Å²) in [6, 6.07) is 6.30. The molecule has 3 rings (SSSR count). The molecular formula is C13H15ClN2O2. The summed E-state index contributed by atoms with van der Waals surface area (Å²) in [6.45, 7) is 1.43. The lowest BCUT2D eigenvalue weighted by Crippen LogP contribution is -2.44. The largest absolute Gasteiger partial charge is 0.453 e. The fourth-order valence-corrected chi connectivity index (χ4v) is 3.09. The van der Waals surface area contributed by atoms with Gasteiger partial charge in [-0.05, 0) is 30.2 Å². The van der Waals surface area contributed by atoms with Crippen LogP contribution in [0.4, 0.5) is 10.5 Å². The zero-order chi connectivity index (χ0) is 12.7. The van der Waals surface area contributed by atoms with Gasteiger partial charge in [-0.3, -0.25) is 0 Å². The van der Waals surface area contributed by atoms with Gasteiger partial charge in [-0.15, -0.1) is 0 Å². The number of hydrogen-bond donors (Lipinski definition) is 1. The first-order valence-electron chi connectivity index (χ1n) is 6.08. The van der Waals surface area contributed by atoms with Crippen molar-refractivity contribution in [2.45, 2.75) is 18.4 Å². The van der Waals surface area contributed by atoms with E-state index >= 15 is 0 Å². The van der Waals surface area contributed by atoms with Crippen LogP contribution in [-0.2, 0) is 4.74 Å². The first-order chi connectivity index (χ1) is 8.69. The molecule has 2 heterocycles. The van der Waals surface area contributed by atoms with Crippen LogP contribution >= 0.6 is 11.6 Å². The summed E-state index contributed by atoms with van der Waals surface area (Å²) in [5, 5.41) is 4.25. The second-order valence-electron chi connectivity index (χ2n) is 4.79. The van der Waals surface area contributed by atoms with E-state index in [1.54, 1.807) is 4.90 Å². The third-order valence-corrected chi connectivity index (χ3v) is 4.03. The number of nitrogens with one attached hydrogen (secondary N) is 1. The van der Waals surface area contributed by atoms with E-state index in [9.17, 15) is 4.79 Å². The van der Waals surface area contributed by atoms with E-state index in [-0.39, 0.29) is 6.09 Å². The van der Waals surface area contributed by atoms with Gasteiger partial charge in [0.2, 0.25) is 0 Å². The van der Waals surface area contributed by atoms with E-state index in [4.69, 9.17) is 16.3 Å². The van der Waals surface area contributed by atoms with Gasteiger partial charge in [0.1, 0.15) is 0 Å². The van der Waals surface area contributed by atoms with Gasteiger partial charge in [-0.2, -0.15) is 0 Å². The number of ether oxygens (including phenoxy) is 1. The van der Waals surface area contributed by atoms with Crippen molar-refractivity contribution in [3.63, 3.8) is 0 Å². The van der Waals surface area contributed by atoms with E-state index in [1.807, 2.05) is 18.2 Å². The molecule has 5 heteroatoms. The summed E-state index contributed by atoms with van der Waals surface area (Å²) < 4.78 is 4.79. The number of benzene rings is 1. The molecule has 0 unspecified atom stereocenters. The lowest BCUT2D eigenvalue weighted by molar-refractivity contribution is 0.110. The Labute approximate surface area is 111 Å². The molecule has 1 amide bonds. The Morgan fingerprint density at radius 2 is 2.39 bits per heavy atom. The number of nitrogens with zero attached hydrogens (tertiary/aromatic N) is 1. The Morgan fingerprint density at radius 1 is 1.56 bits per heavy atom. The van der Waals surface area contributed by atoms with Crippen LogP contribution in [0.3, 0.4) is 0 Å². The highest BCUT2D eigenvalue weighted by Gasteiger charge is 2.38. The van der Waals surface area contributed by atoms with Gasteiger partial charge in [-0.25, -0.2) is 4.79 Å². The van der Waals surface area contributed by atoms with Crippen molar-refractivity contribution in [3.8, 4) is 0 Å². The summed E-state index contributed by atoms with van der Waals surface area (Å²) in [5.74, 6) is 0.312. The zero-order valence-corrected chi connectivity index (χ0v) is 10.9. The first-order valence-corrected chi connectivity index (χ1v) is 6.45. The fourth-order valence-electron chi connectivity index (χ4n) is 2.91. The number of carbonyl (C=O) groups is 1. The third-order valence-electron chi connectivity index (χ3n) is 3.80. The van der Waals surface area contributed by atoms with Crippen LogP contribution in [0.15, 0.2) is 18.2 Å². The molecule has 18 heavy (non-hydrogen) atoms. The van der Waals surface area contributed by atoms with E-state index < -0.39 is 0 Å². The smallest absolute Gasteiger partial charge is 0.409 e. The van der Waals surface area contributed by atoms with Gasteiger partial charge < -0.3 is 15.0 Å². The molecule has 96 valence electrons. The Morgan fingerprint density at radius 3 is 3.17 bits per heavy atom. The second kappa shape index (κ2) is 4.35. The van der Waals surface area contributed by atoms with Crippen molar-refractivity contribution in [1.82, 2.24) is 4.90 Å². The van der Waals surface area contributed by atoms with Crippen LogP contribution in [0, 0.1) is 0 Å². The topological polar surface area (TPSA) is 41.6 Å². The summed E-state index contributed by atoms with van der Waals surface area (Å²) in [6.07, 6.45) is 0.690. The van der Waals surface area contributed by atoms with E-state index in [0.717, 1.165) is 23.7 Å². The molecule has 0 bridgehead atoms. The van der Waals surface area contributed by atoms with Gasteiger partial charge in [0, 0.05) is 35.8 Å². The molecule has 0 aromatic heterocycles. The number of carbonyl (C=O) groups excluding carboxylic acids is 1. The van der Waals surface area contributed by atoms with Crippen LogP contribution in [-0.4, -0.2) is 37.2 Å². The van der Waals surface area contributed by atoms with E-state index in [2.05, 4.69) is 5.32 Å². The molecule has 2 atom stereocenters. The van der Waals surface area contributed by atoms with Gasteiger partial charge in [0.25, 0.3) is 0 Å². The predicted molar refractivity (Wildman–Crippen MR) is 70.2 cm³/mol. The Bertz CT molecular complexity index is 492. The standard InChI is InChI=1S/C13H15ClN2O2/c1-18-13(17)16-5-4-12-10(7-16)9-6-8(14)2-3-11(9)15-12/h2-3,6,10,12,15H,4-5,7H2,1H3/t10-,12+/m0/s1. The molecule has 4 nitrogen and oxygen atoms in total. The SMILES string of the molecule is COC(=O)N1CC[C@H]2Nc3ccc(Cl)cc3[C@@H]2C1. The zero-order valence-electron chi connectivity index (χ0n) is 10.1. The normalized spacial score (nSPS) is 25.1. The molecule has 1 aromatic rings. The lowest BCUT2D eigenvalue weighted by Gasteiger charge is -2.34. The molecule has 2 aliphatic heterocycles. The average molecular weight is 267 g/mol. The van der Waals surface area contributed by atoms with Crippen molar-refractivity contribution in [1.29, 1.82) is 0 Å². The van der Waals surface area contributed by atoms with Crippen molar-refractivity contribution in [2.24, 2.45) is 0 Å². The molecule has 1 aromatic carbocycles. The number of rotatable bonds is 0. The van der Waals surface area contributed by atoms with Crippen molar-refractivity contribution in [3.05, 3.63) is 28.8 Å². The molecule has 0 radical (unpaired) electrons. The molecule has 0 spiro atoms. The van der Waals surface area contributed by atoms with Crippen LogP contribution in [0.5, 0.6) is 0 Å². The molecule has 1 fully saturated rings. The molecule has 1 saturated heterocycles. The number of methoxy groups -OCH3 is 1. The molecule has 0 saturated carbocycles. The summed E-state index contributed by atoms with van der Waals surface area (Å²) in [4.78, 5) is 13.4. The van der Waals surface area contributed by atoms with Crippen molar-refractivity contribution < 1.29 is 9.53 Å². The molecule has 0 aliphatic carbocycles. The van der Waals surface area contributed by atoms with Crippen molar-refractivity contribution in [2.75, 3.05) is 25.5 Å². The maximum absolute atomic E-state index is 11.6. The molecular weight excluding hydrogens is 252 g/mol. The maximum atomic E-state index is 11.6. The number of anilines is 1. The maximum Gasteiger partial charge on any atom is 0.409 e. The predicted octanol–water partition coefficient (Wildman–Crippen LogP) is 2.69.